The number of hydrogen-bond acceptors (Lipinski definition) is 5. The van der Waals surface area contributed by atoms with Crippen LogP contribution in [0.25, 0.3) is 0 Å². The summed E-state index contributed by atoms with van der Waals surface area (Å²) in [6.45, 7) is 3.88. The number of nitrogens with zero attached hydrogens (tertiary/aromatic N) is 3. The second kappa shape index (κ2) is 5.86. The monoisotopic (exact) mass is 265 g/mol. The molecular weight excluding hydrogens is 246 g/mol. The molecule has 1 fully saturated rings. The van der Waals surface area contributed by atoms with Crippen molar-refractivity contribution < 1.29 is 9.53 Å². The maximum absolute atomic E-state index is 12.2. The summed E-state index contributed by atoms with van der Waals surface area (Å²) in [5.74, 6) is 0.0562. The van der Waals surface area contributed by atoms with E-state index in [1.54, 1.807) is 17.0 Å². The minimum Gasteiger partial charge on any atom is -0.469 e. The molecule has 1 unspecified atom stereocenters. The Morgan fingerprint density at radius 3 is 3.05 bits per heavy atom. The van der Waals surface area contributed by atoms with Crippen molar-refractivity contribution in [2.24, 2.45) is 5.92 Å². The van der Waals surface area contributed by atoms with Crippen LogP contribution in [0.3, 0.4) is 0 Å². The molecule has 0 saturated carbocycles. The largest absolute Gasteiger partial charge is 0.469 e. The van der Waals surface area contributed by atoms with Gasteiger partial charge in [0.1, 0.15) is 0 Å². The molecule has 0 spiro atoms. The van der Waals surface area contributed by atoms with E-state index < -0.39 is 0 Å². The van der Waals surface area contributed by atoms with E-state index in [9.17, 15) is 9.59 Å². The summed E-state index contributed by atoms with van der Waals surface area (Å²) in [5.41, 5.74) is -0.0881. The molecule has 0 N–H and O–H groups in total. The van der Waals surface area contributed by atoms with Gasteiger partial charge in [0.25, 0.3) is 5.56 Å². The Labute approximate surface area is 112 Å². The molecule has 0 aliphatic carbocycles. The number of methoxy groups -OCH3 is 1. The quantitative estimate of drug-likeness (QED) is 0.748. The van der Waals surface area contributed by atoms with E-state index in [1.807, 2.05) is 11.8 Å². The molecule has 0 bridgehead atoms. The Bertz CT molecular complexity index is 512. The lowest BCUT2D eigenvalue weighted by Crippen LogP contribution is -2.32. The summed E-state index contributed by atoms with van der Waals surface area (Å²) < 4.78 is 6.40. The number of anilines is 1. The van der Waals surface area contributed by atoms with Crippen LogP contribution in [0.2, 0.25) is 0 Å². The predicted octanol–water partition coefficient (Wildman–Crippen LogP) is 0.653. The van der Waals surface area contributed by atoms with Gasteiger partial charge >= 0.3 is 5.97 Å². The molecule has 0 amide bonds. The molecule has 6 heteroatoms. The predicted molar refractivity (Wildman–Crippen MR) is 71.1 cm³/mol. The second-order valence-corrected chi connectivity index (χ2v) is 4.70. The van der Waals surface area contributed by atoms with Gasteiger partial charge in [-0.2, -0.15) is 0 Å². The van der Waals surface area contributed by atoms with Crippen LogP contribution in [0, 0.1) is 5.92 Å². The van der Waals surface area contributed by atoms with Crippen LogP contribution < -0.4 is 10.5 Å². The first kappa shape index (κ1) is 13.6. The van der Waals surface area contributed by atoms with Crippen molar-refractivity contribution in [2.75, 3.05) is 25.1 Å². The Hall–Kier alpha value is -1.85. The lowest BCUT2D eigenvalue weighted by atomic mass is 10.1. The van der Waals surface area contributed by atoms with Crippen molar-refractivity contribution in [1.82, 2.24) is 9.55 Å². The van der Waals surface area contributed by atoms with E-state index in [1.165, 1.54) is 7.11 Å². The number of carbonyl (C=O) groups is 1. The van der Waals surface area contributed by atoms with Crippen LogP contribution in [0.5, 0.6) is 0 Å². The number of ether oxygens (including phenoxy) is 1. The highest BCUT2D eigenvalue weighted by Crippen LogP contribution is 2.20. The molecule has 1 atom stereocenters. The highest BCUT2D eigenvalue weighted by Gasteiger charge is 2.31. The number of esters is 1. The smallest absolute Gasteiger partial charge is 0.310 e. The molecule has 1 aliphatic heterocycles. The van der Waals surface area contributed by atoms with Gasteiger partial charge in [0.2, 0.25) is 0 Å². The fourth-order valence-corrected chi connectivity index (χ4v) is 2.38. The molecule has 1 aromatic heterocycles. The lowest BCUT2D eigenvalue weighted by molar-refractivity contribution is -0.144. The molecule has 0 aromatic carbocycles. The number of aryl methyl sites for hydroxylation is 1. The zero-order valence-corrected chi connectivity index (χ0v) is 11.3. The van der Waals surface area contributed by atoms with E-state index in [0.717, 1.165) is 6.42 Å². The molecule has 1 aromatic rings. The molecule has 104 valence electrons. The van der Waals surface area contributed by atoms with Gasteiger partial charge in [0.15, 0.2) is 5.82 Å². The van der Waals surface area contributed by atoms with E-state index >= 15 is 0 Å². The molecule has 6 nitrogen and oxygen atoms in total. The van der Waals surface area contributed by atoms with Crippen molar-refractivity contribution in [3.63, 3.8) is 0 Å². The number of rotatable bonds is 4. The Balaban J connectivity index is 2.18. The third kappa shape index (κ3) is 2.77. The van der Waals surface area contributed by atoms with Crippen LogP contribution in [0.1, 0.15) is 19.8 Å². The average Bonchev–Trinajstić information content (AvgIpc) is 2.90. The molecular formula is C13H19N3O3. The third-order valence-electron chi connectivity index (χ3n) is 3.38. The average molecular weight is 265 g/mol. The summed E-state index contributed by atoms with van der Waals surface area (Å²) in [7, 11) is 1.39. The van der Waals surface area contributed by atoms with Gasteiger partial charge in [-0.05, 0) is 12.8 Å². The first-order valence-corrected chi connectivity index (χ1v) is 6.55. The fourth-order valence-electron chi connectivity index (χ4n) is 2.38. The fraction of sp³-hybridized carbons (Fsp3) is 0.615. The normalized spacial score (nSPS) is 18.6. The Kier molecular flexibility index (Phi) is 4.19. The first-order valence-electron chi connectivity index (χ1n) is 6.55. The minimum atomic E-state index is -0.215. The minimum absolute atomic E-state index is 0.0881. The number of aromatic nitrogens is 2. The summed E-state index contributed by atoms with van der Waals surface area (Å²) >= 11 is 0. The summed E-state index contributed by atoms with van der Waals surface area (Å²) in [6.07, 6.45) is 4.94. The highest BCUT2D eigenvalue weighted by atomic mass is 16.5. The Morgan fingerprint density at radius 1 is 1.58 bits per heavy atom. The third-order valence-corrected chi connectivity index (χ3v) is 3.38. The molecule has 1 aliphatic rings. The zero-order chi connectivity index (χ0) is 13.8. The molecule has 2 rings (SSSR count). The second-order valence-electron chi connectivity index (χ2n) is 4.70. The molecule has 19 heavy (non-hydrogen) atoms. The van der Waals surface area contributed by atoms with E-state index in [2.05, 4.69) is 4.98 Å². The van der Waals surface area contributed by atoms with Crippen molar-refractivity contribution in [2.45, 2.75) is 26.3 Å². The molecule has 0 radical (unpaired) electrons. The lowest BCUT2D eigenvalue weighted by Gasteiger charge is -2.17. The van der Waals surface area contributed by atoms with Crippen LogP contribution in [0.4, 0.5) is 5.82 Å². The maximum atomic E-state index is 12.2. The topological polar surface area (TPSA) is 64.4 Å². The molecule has 2 heterocycles. The van der Waals surface area contributed by atoms with Gasteiger partial charge in [-0.3, -0.25) is 9.59 Å². The summed E-state index contributed by atoms with van der Waals surface area (Å²) in [6, 6.07) is 0. The summed E-state index contributed by atoms with van der Waals surface area (Å²) in [5, 5.41) is 0. The highest BCUT2D eigenvalue weighted by molar-refractivity contribution is 5.73. The van der Waals surface area contributed by atoms with Crippen LogP contribution in [-0.2, 0) is 16.1 Å². The van der Waals surface area contributed by atoms with Gasteiger partial charge in [-0.25, -0.2) is 4.98 Å². The summed E-state index contributed by atoms with van der Waals surface area (Å²) in [4.78, 5) is 29.8. The maximum Gasteiger partial charge on any atom is 0.310 e. The van der Waals surface area contributed by atoms with Gasteiger partial charge in [0, 0.05) is 32.0 Å². The van der Waals surface area contributed by atoms with Crippen LogP contribution in [-0.4, -0.2) is 35.7 Å². The van der Waals surface area contributed by atoms with Crippen molar-refractivity contribution in [3.05, 3.63) is 22.7 Å². The van der Waals surface area contributed by atoms with Gasteiger partial charge in [-0.1, -0.05) is 6.92 Å². The van der Waals surface area contributed by atoms with Gasteiger partial charge < -0.3 is 14.2 Å². The van der Waals surface area contributed by atoms with Gasteiger partial charge in [-0.15, -0.1) is 0 Å². The number of hydrogen-bond donors (Lipinski definition) is 0. The number of carbonyl (C=O) groups excluding carboxylic acids is 1. The SMILES string of the molecule is CCCn1ccnc(N2CCC(C(=O)OC)C2)c1=O. The van der Waals surface area contributed by atoms with Crippen molar-refractivity contribution >= 4 is 11.8 Å². The van der Waals surface area contributed by atoms with Gasteiger partial charge in [0.05, 0.1) is 13.0 Å². The zero-order valence-electron chi connectivity index (χ0n) is 11.3. The molecule has 1 saturated heterocycles. The standard InChI is InChI=1S/C13H19N3O3/c1-3-6-15-8-5-14-11(12(15)17)16-7-4-10(9-16)13(18)19-2/h5,8,10H,3-4,6-7,9H2,1-2H3. The van der Waals surface area contributed by atoms with E-state index in [0.29, 0.717) is 31.9 Å². The van der Waals surface area contributed by atoms with Crippen molar-refractivity contribution in [1.29, 1.82) is 0 Å². The van der Waals surface area contributed by atoms with Crippen LogP contribution in [0.15, 0.2) is 17.2 Å². The van der Waals surface area contributed by atoms with E-state index in [-0.39, 0.29) is 17.4 Å². The van der Waals surface area contributed by atoms with Crippen molar-refractivity contribution in [3.8, 4) is 0 Å². The first-order chi connectivity index (χ1) is 9.17. The van der Waals surface area contributed by atoms with E-state index in [4.69, 9.17) is 4.74 Å². The Morgan fingerprint density at radius 2 is 2.37 bits per heavy atom. The van der Waals surface area contributed by atoms with Crippen LogP contribution >= 0.6 is 0 Å².